The Balaban J connectivity index is 2.17. The zero-order chi connectivity index (χ0) is 18.7. The highest BCUT2D eigenvalue weighted by molar-refractivity contribution is 7.15. The van der Waals surface area contributed by atoms with Crippen LogP contribution in [0.4, 0.5) is 5.13 Å². The Kier molecular flexibility index (Phi) is 5.94. The average molecular weight is 364 g/mol. The highest BCUT2D eigenvalue weighted by Gasteiger charge is 2.24. The monoisotopic (exact) mass is 364 g/mol. The molecule has 0 saturated carbocycles. The van der Waals surface area contributed by atoms with Gasteiger partial charge in [0.1, 0.15) is 10.7 Å². The molecule has 0 spiro atoms. The molecule has 2 rings (SSSR count). The smallest absolute Gasteiger partial charge is 0.340 e. The first-order valence-electron chi connectivity index (χ1n) is 8.22. The van der Waals surface area contributed by atoms with E-state index in [1.165, 1.54) is 11.3 Å². The molecule has 0 radical (unpaired) electrons. The Labute approximate surface area is 151 Å². The number of nitrogens with one attached hydrogen (secondary N) is 2. The van der Waals surface area contributed by atoms with Crippen LogP contribution in [0.5, 0.6) is 0 Å². The van der Waals surface area contributed by atoms with Gasteiger partial charge in [0.2, 0.25) is 5.13 Å². The Morgan fingerprint density at radius 1 is 1.20 bits per heavy atom. The Morgan fingerprint density at radius 3 is 2.48 bits per heavy atom. The highest BCUT2D eigenvalue weighted by atomic mass is 32.1. The van der Waals surface area contributed by atoms with Crippen LogP contribution < -0.4 is 5.32 Å². The summed E-state index contributed by atoms with van der Waals surface area (Å²) in [6.07, 6.45) is 0.596. The quantitative estimate of drug-likeness (QED) is 0.765. The zero-order valence-electron chi connectivity index (χ0n) is 15.4. The number of esters is 1. The van der Waals surface area contributed by atoms with Gasteiger partial charge < -0.3 is 9.72 Å². The third-order valence-electron chi connectivity index (χ3n) is 3.48. The minimum absolute atomic E-state index is 0.223. The predicted octanol–water partition coefficient (Wildman–Crippen LogP) is 3.50. The van der Waals surface area contributed by atoms with E-state index in [1.807, 2.05) is 0 Å². The van der Waals surface area contributed by atoms with E-state index in [0.717, 1.165) is 11.4 Å². The van der Waals surface area contributed by atoms with E-state index in [0.29, 0.717) is 33.6 Å². The van der Waals surface area contributed by atoms with Gasteiger partial charge in [-0.2, -0.15) is 0 Å². The Bertz CT molecular complexity index is 777. The van der Waals surface area contributed by atoms with Crippen molar-refractivity contribution in [3.63, 3.8) is 0 Å². The predicted molar refractivity (Wildman–Crippen MR) is 97.2 cm³/mol. The van der Waals surface area contributed by atoms with E-state index in [2.05, 4.69) is 34.3 Å². The minimum atomic E-state index is -0.435. The summed E-state index contributed by atoms with van der Waals surface area (Å²) in [5.41, 5.74) is 1.89. The first-order valence-corrected chi connectivity index (χ1v) is 9.04. The molecule has 136 valence electrons. The van der Waals surface area contributed by atoms with Gasteiger partial charge in [0, 0.05) is 12.1 Å². The lowest BCUT2D eigenvalue weighted by Crippen LogP contribution is -2.15. The number of hydrogen-bond acceptors (Lipinski definition) is 6. The summed E-state index contributed by atoms with van der Waals surface area (Å²) >= 11 is 1.36. The average Bonchev–Trinajstić information content (AvgIpc) is 3.01. The molecule has 0 aliphatic rings. The number of aromatic nitrogens is 3. The van der Waals surface area contributed by atoms with Gasteiger partial charge >= 0.3 is 5.97 Å². The molecule has 2 aromatic heterocycles. The van der Waals surface area contributed by atoms with Gasteiger partial charge in [-0.3, -0.25) is 10.1 Å². The van der Waals surface area contributed by atoms with Crippen molar-refractivity contribution in [2.75, 3.05) is 5.32 Å². The largest absolute Gasteiger partial charge is 0.459 e. The van der Waals surface area contributed by atoms with Crippen molar-refractivity contribution in [3.05, 3.63) is 27.5 Å². The molecule has 2 N–H and O–H groups in total. The Hall–Kier alpha value is -2.22. The number of hydrogen-bond donors (Lipinski definition) is 2. The number of H-pyrrole nitrogens is 1. The summed E-state index contributed by atoms with van der Waals surface area (Å²) < 4.78 is 5.24. The van der Waals surface area contributed by atoms with Gasteiger partial charge in [0.15, 0.2) is 0 Å². The van der Waals surface area contributed by atoms with Gasteiger partial charge in [0.05, 0.1) is 11.7 Å². The fourth-order valence-electron chi connectivity index (χ4n) is 2.45. The van der Waals surface area contributed by atoms with E-state index in [-0.39, 0.29) is 12.0 Å². The molecule has 0 fully saturated rings. The van der Waals surface area contributed by atoms with Gasteiger partial charge in [-0.1, -0.05) is 25.2 Å². The van der Waals surface area contributed by atoms with Crippen LogP contribution in [0.25, 0.3) is 0 Å². The van der Waals surface area contributed by atoms with Crippen molar-refractivity contribution in [2.45, 2.75) is 54.1 Å². The molecule has 1 amide bonds. The lowest BCUT2D eigenvalue weighted by Gasteiger charge is -2.08. The van der Waals surface area contributed by atoms with E-state index in [1.54, 1.807) is 27.7 Å². The second-order valence-electron chi connectivity index (χ2n) is 6.63. The molecule has 0 aromatic carbocycles. The van der Waals surface area contributed by atoms with Crippen LogP contribution in [-0.4, -0.2) is 33.2 Å². The molecule has 0 aliphatic heterocycles. The van der Waals surface area contributed by atoms with Crippen molar-refractivity contribution in [1.29, 1.82) is 0 Å². The molecule has 25 heavy (non-hydrogen) atoms. The molecule has 2 aromatic rings. The molecule has 8 heteroatoms. The van der Waals surface area contributed by atoms with Crippen LogP contribution in [0.3, 0.4) is 0 Å². The lowest BCUT2D eigenvalue weighted by atomic mass is 10.1. The standard InChI is InChI=1S/C17H24N4O3S/c1-8(2)7-12-20-21-17(25-12)19-15(22)14-10(5)13(11(6)18-14)16(23)24-9(3)4/h8-9,18H,7H2,1-6H3,(H,19,21,22). The normalized spacial score (nSPS) is 11.2. The number of nitrogens with zero attached hydrogens (tertiary/aromatic N) is 2. The van der Waals surface area contributed by atoms with Crippen LogP contribution in [0.15, 0.2) is 0 Å². The number of aryl methyl sites for hydroxylation is 1. The van der Waals surface area contributed by atoms with Crippen molar-refractivity contribution in [3.8, 4) is 0 Å². The number of aromatic amines is 1. The van der Waals surface area contributed by atoms with Crippen molar-refractivity contribution < 1.29 is 14.3 Å². The number of rotatable bonds is 6. The second-order valence-corrected chi connectivity index (χ2v) is 7.69. The van der Waals surface area contributed by atoms with Gasteiger partial charge in [-0.25, -0.2) is 4.79 Å². The van der Waals surface area contributed by atoms with E-state index in [9.17, 15) is 9.59 Å². The fraction of sp³-hybridized carbons (Fsp3) is 0.529. The summed E-state index contributed by atoms with van der Waals surface area (Å²) in [5.74, 6) is -0.314. The second kappa shape index (κ2) is 7.77. The summed E-state index contributed by atoms with van der Waals surface area (Å²) in [6, 6.07) is 0. The summed E-state index contributed by atoms with van der Waals surface area (Å²) in [4.78, 5) is 27.7. The molecule has 0 saturated heterocycles. The summed E-state index contributed by atoms with van der Waals surface area (Å²) in [7, 11) is 0. The number of ether oxygens (including phenoxy) is 1. The minimum Gasteiger partial charge on any atom is -0.459 e. The third kappa shape index (κ3) is 4.66. The molecule has 0 aliphatic carbocycles. The van der Waals surface area contributed by atoms with Crippen LogP contribution in [0.2, 0.25) is 0 Å². The van der Waals surface area contributed by atoms with Crippen LogP contribution >= 0.6 is 11.3 Å². The Morgan fingerprint density at radius 2 is 1.88 bits per heavy atom. The SMILES string of the molecule is Cc1[nH]c(C(=O)Nc2nnc(CC(C)C)s2)c(C)c1C(=O)OC(C)C. The molecule has 0 atom stereocenters. The van der Waals surface area contributed by atoms with Crippen LogP contribution in [0, 0.1) is 19.8 Å². The molecule has 0 unspecified atom stereocenters. The van der Waals surface area contributed by atoms with Gasteiger partial charge in [-0.05, 0) is 39.2 Å². The number of carbonyl (C=O) groups excluding carboxylic acids is 2. The maximum atomic E-state index is 12.5. The molecule has 7 nitrogen and oxygen atoms in total. The highest BCUT2D eigenvalue weighted by Crippen LogP contribution is 2.22. The van der Waals surface area contributed by atoms with Crippen molar-refractivity contribution >= 4 is 28.3 Å². The molecule has 0 bridgehead atoms. The summed E-state index contributed by atoms with van der Waals surface area (Å²) in [5, 5.41) is 12.1. The van der Waals surface area contributed by atoms with E-state index in [4.69, 9.17) is 4.74 Å². The molecular weight excluding hydrogens is 340 g/mol. The van der Waals surface area contributed by atoms with Crippen LogP contribution in [0.1, 0.15) is 64.8 Å². The first kappa shape index (κ1) is 19.1. The lowest BCUT2D eigenvalue weighted by molar-refractivity contribution is 0.0376. The maximum absolute atomic E-state index is 12.5. The number of anilines is 1. The maximum Gasteiger partial charge on any atom is 0.340 e. The van der Waals surface area contributed by atoms with Crippen molar-refractivity contribution in [2.24, 2.45) is 5.92 Å². The van der Waals surface area contributed by atoms with Crippen molar-refractivity contribution in [1.82, 2.24) is 15.2 Å². The summed E-state index contributed by atoms with van der Waals surface area (Å²) in [6.45, 7) is 11.2. The fourth-order valence-corrected chi connectivity index (χ4v) is 3.40. The number of amides is 1. The first-order chi connectivity index (χ1) is 11.7. The van der Waals surface area contributed by atoms with Gasteiger partial charge in [0.25, 0.3) is 5.91 Å². The van der Waals surface area contributed by atoms with Crippen LogP contribution in [-0.2, 0) is 11.2 Å². The number of carbonyl (C=O) groups is 2. The molecule has 2 heterocycles. The van der Waals surface area contributed by atoms with E-state index < -0.39 is 5.97 Å². The van der Waals surface area contributed by atoms with Gasteiger partial charge in [-0.15, -0.1) is 10.2 Å². The topological polar surface area (TPSA) is 97.0 Å². The molecular formula is C17H24N4O3S. The third-order valence-corrected chi connectivity index (χ3v) is 4.34. The van der Waals surface area contributed by atoms with E-state index >= 15 is 0 Å². The zero-order valence-corrected chi connectivity index (χ0v) is 16.2.